The molecule has 23 heavy (non-hydrogen) atoms. The molecule has 126 valence electrons. The average Bonchev–Trinajstić information content (AvgIpc) is 2.94. The van der Waals surface area contributed by atoms with Gasteiger partial charge in [-0.2, -0.15) is 0 Å². The Balaban J connectivity index is 1.83. The van der Waals surface area contributed by atoms with E-state index in [0.29, 0.717) is 25.2 Å². The minimum atomic E-state index is -0.542. The molecule has 1 aromatic heterocycles. The van der Waals surface area contributed by atoms with E-state index in [2.05, 4.69) is 15.3 Å². The average molecular weight is 341 g/mol. The van der Waals surface area contributed by atoms with Gasteiger partial charge in [-0.25, -0.2) is 9.78 Å². The zero-order valence-electron chi connectivity index (χ0n) is 13.5. The summed E-state index contributed by atoms with van der Waals surface area (Å²) in [6.07, 6.45) is 3.24. The van der Waals surface area contributed by atoms with Gasteiger partial charge in [0.25, 0.3) is 0 Å². The van der Waals surface area contributed by atoms with Crippen molar-refractivity contribution < 1.29 is 14.3 Å². The molecular weight excluding hydrogens is 320 g/mol. The molecule has 1 N–H and O–H groups in total. The summed E-state index contributed by atoms with van der Waals surface area (Å²) in [4.78, 5) is 33.7. The first kappa shape index (κ1) is 17.5. The summed E-state index contributed by atoms with van der Waals surface area (Å²) in [5, 5.41) is 3.06. The number of nitrogens with zero attached hydrogens (tertiary/aromatic N) is 3. The summed E-state index contributed by atoms with van der Waals surface area (Å²) < 4.78 is 5.31. The number of hydrogen-bond acceptors (Lipinski definition) is 5. The Labute approximate surface area is 140 Å². The van der Waals surface area contributed by atoms with Crippen LogP contribution in [0.3, 0.4) is 0 Å². The molecule has 0 spiro atoms. The third kappa shape index (κ3) is 5.06. The second kappa shape index (κ2) is 7.12. The van der Waals surface area contributed by atoms with Crippen molar-refractivity contribution in [3.05, 3.63) is 23.2 Å². The lowest BCUT2D eigenvalue weighted by Crippen LogP contribution is -2.37. The molecule has 1 atom stereocenters. The molecule has 0 bridgehead atoms. The first-order chi connectivity index (χ1) is 10.8. The molecule has 0 radical (unpaired) electrons. The number of hydrogen-bond donors (Lipinski definition) is 1. The lowest BCUT2D eigenvalue weighted by atomic mass is 10.1. The van der Waals surface area contributed by atoms with Crippen LogP contribution in [0.1, 0.15) is 32.9 Å². The second-order valence-electron chi connectivity index (χ2n) is 6.42. The molecule has 2 heterocycles. The fourth-order valence-corrected chi connectivity index (χ4v) is 2.42. The van der Waals surface area contributed by atoms with E-state index in [9.17, 15) is 9.59 Å². The summed E-state index contributed by atoms with van der Waals surface area (Å²) in [6, 6.07) is 0. The first-order valence-corrected chi connectivity index (χ1v) is 7.85. The molecule has 0 unspecified atom stereocenters. The van der Waals surface area contributed by atoms with Gasteiger partial charge in [-0.1, -0.05) is 11.6 Å². The van der Waals surface area contributed by atoms with Gasteiger partial charge in [0.2, 0.25) is 5.91 Å². The van der Waals surface area contributed by atoms with Crippen LogP contribution in [-0.2, 0) is 16.1 Å². The van der Waals surface area contributed by atoms with Gasteiger partial charge in [0.15, 0.2) is 5.15 Å². The van der Waals surface area contributed by atoms with Crippen molar-refractivity contribution in [3.8, 4) is 0 Å². The Kier molecular flexibility index (Phi) is 5.41. The van der Waals surface area contributed by atoms with Crippen molar-refractivity contribution in [1.29, 1.82) is 0 Å². The van der Waals surface area contributed by atoms with Crippen LogP contribution in [0.2, 0.25) is 5.15 Å². The van der Waals surface area contributed by atoms with E-state index in [1.807, 2.05) is 20.8 Å². The number of amides is 2. The zero-order chi connectivity index (χ0) is 17.0. The predicted octanol–water partition coefficient (Wildman–Crippen LogP) is 2.00. The van der Waals surface area contributed by atoms with Gasteiger partial charge in [0.05, 0.1) is 18.2 Å². The fourth-order valence-electron chi connectivity index (χ4n) is 2.25. The summed E-state index contributed by atoms with van der Waals surface area (Å²) >= 11 is 5.90. The van der Waals surface area contributed by atoms with Crippen LogP contribution in [0.25, 0.3) is 0 Å². The van der Waals surface area contributed by atoms with Crippen LogP contribution in [0.5, 0.6) is 0 Å². The number of likely N-dealkylation sites (tertiary alicyclic amines) is 1. The molecular formula is C15H21ClN4O3. The van der Waals surface area contributed by atoms with E-state index >= 15 is 0 Å². The van der Waals surface area contributed by atoms with Crippen LogP contribution < -0.4 is 5.32 Å². The smallest absolute Gasteiger partial charge is 0.410 e. The van der Waals surface area contributed by atoms with Gasteiger partial charge < -0.3 is 15.0 Å². The van der Waals surface area contributed by atoms with Gasteiger partial charge in [-0.3, -0.25) is 9.78 Å². The largest absolute Gasteiger partial charge is 0.444 e. The minimum absolute atomic E-state index is 0.127. The Bertz CT molecular complexity index is 588. The monoisotopic (exact) mass is 340 g/mol. The Morgan fingerprint density at radius 2 is 2.09 bits per heavy atom. The Morgan fingerprint density at radius 3 is 2.74 bits per heavy atom. The van der Waals surface area contributed by atoms with E-state index < -0.39 is 5.60 Å². The maximum absolute atomic E-state index is 12.2. The van der Waals surface area contributed by atoms with E-state index in [1.165, 1.54) is 12.4 Å². The highest BCUT2D eigenvalue weighted by atomic mass is 35.5. The molecule has 2 amide bonds. The highest BCUT2D eigenvalue weighted by Gasteiger charge is 2.33. The SMILES string of the molecule is CC(C)(C)OC(=O)N1CC[C@H](C(=O)NCc2nccnc2Cl)C1. The molecule has 0 saturated carbocycles. The third-order valence-corrected chi connectivity index (χ3v) is 3.68. The predicted molar refractivity (Wildman–Crippen MR) is 84.8 cm³/mol. The quantitative estimate of drug-likeness (QED) is 0.909. The van der Waals surface area contributed by atoms with Gasteiger partial charge in [-0.05, 0) is 27.2 Å². The van der Waals surface area contributed by atoms with E-state index in [-0.39, 0.29) is 29.6 Å². The topological polar surface area (TPSA) is 84.4 Å². The molecule has 1 saturated heterocycles. The summed E-state index contributed by atoms with van der Waals surface area (Å²) in [6.45, 7) is 6.53. The lowest BCUT2D eigenvalue weighted by Gasteiger charge is -2.24. The molecule has 0 aliphatic carbocycles. The maximum Gasteiger partial charge on any atom is 0.410 e. The molecule has 7 nitrogen and oxygen atoms in total. The number of carbonyl (C=O) groups is 2. The van der Waals surface area contributed by atoms with Crippen molar-refractivity contribution in [1.82, 2.24) is 20.2 Å². The molecule has 0 aromatic carbocycles. The molecule has 2 rings (SSSR count). The molecule has 1 aliphatic heterocycles. The number of aromatic nitrogens is 2. The normalized spacial score (nSPS) is 17.9. The van der Waals surface area contributed by atoms with E-state index in [4.69, 9.17) is 16.3 Å². The number of carbonyl (C=O) groups excluding carboxylic acids is 2. The third-order valence-electron chi connectivity index (χ3n) is 3.36. The highest BCUT2D eigenvalue weighted by Crippen LogP contribution is 2.20. The fraction of sp³-hybridized carbons (Fsp3) is 0.600. The van der Waals surface area contributed by atoms with Gasteiger partial charge in [0.1, 0.15) is 5.60 Å². The van der Waals surface area contributed by atoms with Crippen molar-refractivity contribution in [2.45, 2.75) is 39.3 Å². The van der Waals surface area contributed by atoms with Crippen LogP contribution in [0, 0.1) is 5.92 Å². The highest BCUT2D eigenvalue weighted by molar-refractivity contribution is 6.29. The number of halogens is 1. The first-order valence-electron chi connectivity index (χ1n) is 7.47. The molecule has 1 fully saturated rings. The van der Waals surface area contributed by atoms with Crippen LogP contribution in [0.15, 0.2) is 12.4 Å². The van der Waals surface area contributed by atoms with Crippen molar-refractivity contribution in [3.63, 3.8) is 0 Å². The zero-order valence-corrected chi connectivity index (χ0v) is 14.3. The number of nitrogens with one attached hydrogen (secondary N) is 1. The van der Waals surface area contributed by atoms with Crippen molar-refractivity contribution in [2.24, 2.45) is 5.92 Å². The number of rotatable bonds is 3. The summed E-state index contributed by atoms with van der Waals surface area (Å²) in [5.74, 6) is -0.379. The lowest BCUT2D eigenvalue weighted by molar-refractivity contribution is -0.124. The van der Waals surface area contributed by atoms with Gasteiger partial charge in [-0.15, -0.1) is 0 Å². The van der Waals surface area contributed by atoms with E-state index in [1.54, 1.807) is 4.90 Å². The Morgan fingerprint density at radius 1 is 1.39 bits per heavy atom. The maximum atomic E-state index is 12.2. The minimum Gasteiger partial charge on any atom is -0.444 e. The standard InChI is InChI=1S/C15H21ClN4O3/c1-15(2,3)23-14(22)20-7-4-10(9-20)13(21)19-8-11-12(16)18-6-5-17-11/h5-6,10H,4,7-9H2,1-3H3,(H,19,21)/t10-/m0/s1. The molecule has 8 heteroatoms. The summed E-state index contributed by atoms with van der Waals surface area (Å²) in [5.41, 5.74) is -0.0234. The van der Waals surface area contributed by atoms with E-state index in [0.717, 1.165) is 0 Å². The van der Waals surface area contributed by atoms with Crippen molar-refractivity contribution in [2.75, 3.05) is 13.1 Å². The van der Waals surface area contributed by atoms with Crippen molar-refractivity contribution >= 4 is 23.6 Å². The van der Waals surface area contributed by atoms with Gasteiger partial charge >= 0.3 is 6.09 Å². The second-order valence-corrected chi connectivity index (χ2v) is 6.78. The molecule has 1 aromatic rings. The van der Waals surface area contributed by atoms with Crippen LogP contribution in [0.4, 0.5) is 4.79 Å². The summed E-state index contributed by atoms with van der Waals surface area (Å²) in [7, 11) is 0. The molecule has 1 aliphatic rings. The Hall–Kier alpha value is -1.89. The van der Waals surface area contributed by atoms with Crippen LogP contribution >= 0.6 is 11.6 Å². The number of ether oxygens (including phenoxy) is 1. The van der Waals surface area contributed by atoms with Gasteiger partial charge in [0, 0.05) is 25.5 Å². The van der Waals surface area contributed by atoms with Crippen LogP contribution in [-0.4, -0.2) is 45.6 Å².